The SMILES string of the molecule is CNCC(C)S(=O)(=O)Nc1cc(OC)c(Br)cc1Br. The van der Waals surface area contributed by atoms with Gasteiger partial charge >= 0.3 is 0 Å². The Morgan fingerprint density at radius 3 is 2.47 bits per heavy atom. The third-order valence-corrected chi connectivity index (χ3v) is 5.52. The van der Waals surface area contributed by atoms with E-state index < -0.39 is 15.3 Å². The van der Waals surface area contributed by atoms with E-state index in [0.717, 1.165) is 4.47 Å². The summed E-state index contributed by atoms with van der Waals surface area (Å²) in [6.07, 6.45) is 0. The van der Waals surface area contributed by atoms with E-state index in [-0.39, 0.29) is 0 Å². The van der Waals surface area contributed by atoms with Crippen LogP contribution in [0.15, 0.2) is 21.1 Å². The second-order valence-electron chi connectivity index (χ2n) is 3.98. The summed E-state index contributed by atoms with van der Waals surface area (Å²) in [5.74, 6) is 0.558. The second kappa shape index (κ2) is 6.92. The van der Waals surface area contributed by atoms with E-state index in [1.807, 2.05) is 0 Å². The van der Waals surface area contributed by atoms with Crippen molar-refractivity contribution < 1.29 is 13.2 Å². The number of nitrogens with one attached hydrogen (secondary N) is 2. The van der Waals surface area contributed by atoms with E-state index in [4.69, 9.17) is 4.74 Å². The molecule has 1 atom stereocenters. The van der Waals surface area contributed by atoms with Crippen LogP contribution >= 0.6 is 31.9 Å². The van der Waals surface area contributed by atoms with Crippen molar-refractivity contribution in [1.82, 2.24) is 5.32 Å². The van der Waals surface area contributed by atoms with Crippen LogP contribution in [0.25, 0.3) is 0 Å². The Bertz CT molecular complexity index is 549. The van der Waals surface area contributed by atoms with Gasteiger partial charge in [-0.15, -0.1) is 0 Å². The number of hydrogen-bond acceptors (Lipinski definition) is 4. The molecule has 0 heterocycles. The van der Waals surface area contributed by atoms with Crippen LogP contribution in [0.1, 0.15) is 6.92 Å². The summed E-state index contributed by atoms with van der Waals surface area (Å²) in [6.45, 7) is 2.02. The zero-order valence-electron chi connectivity index (χ0n) is 10.8. The lowest BCUT2D eigenvalue weighted by Gasteiger charge is -2.16. The average Bonchev–Trinajstić information content (AvgIpc) is 2.32. The van der Waals surface area contributed by atoms with Gasteiger partial charge in [-0.1, -0.05) is 0 Å². The van der Waals surface area contributed by atoms with Crippen LogP contribution in [0.2, 0.25) is 0 Å². The summed E-state index contributed by atoms with van der Waals surface area (Å²) < 4.78 is 33.3. The molecule has 5 nitrogen and oxygen atoms in total. The van der Waals surface area contributed by atoms with Crippen LogP contribution in [-0.2, 0) is 10.0 Å². The molecule has 0 spiro atoms. The van der Waals surface area contributed by atoms with Crippen molar-refractivity contribution >= 4 is 47.6 Å². The Hall–Kier alpha value is -0.310. The molecule has 0 amide bonds. The van der Waals surface area contributed by atoms with Crippen LogP contribution in [-0.4, -0.2) is 34.4 Å². The molecule has 0 aliphatic heterocycles. The Morgan fingerprint density at radius 1 is 1.32 bits per heavy atom. The van der Waals surface area contributed by atoms with Gasteiger partial charge in [-0.2, -0.15) is 0 Å². The first-order valence-electron chi connectivity index (χ1n) is 5.51. The number of hydrogen-bond donors (Lipinski definition) is 2. The minimum absolute atomic E-state index is 0.376. The Kier molecular flexibility index (Phi) is 6.10. The third-order valence-electron chi connectivity index (χ3n) is 2.51. The van der Waals surface area contributed by atoms with Crippen molar-refractivity contribution in [3.8, 4) is 5.75 Å². The normalized spacial score (nSPS) is 13.1. The third kappa shape index (κ3) is 4.34. The average molecular weight is 416 g/mol. The summed E-state index contributed by atoms with van der Waals surface area (Å²) in [4.78, 5) is 0. The van der Waals surface area contributed by atoms with Crippen molar-refractivity contribution in [2.45, 2.75) is 12.2 Å². The van der Waals surface area contributed by atoms with Crippen LogP contribution in [0.3, 0.4) is 0 Å². The summed E-state index contributed by atoms with van der Waals surface area (Å²) in [7, 11) is -0.213. The predicted octanol–water partition coefficient (Wildman–Crippen LogP) is 2.57. The summed E-state index contributed by atoms with van der Waals surface area (Å²) in [5, 5.41) is 2.30. The first-order valence-corrected chi connectivity index (χ1v) is 8.64. The van der Waals surface area contributed by atoms with Crippen molar-refractivity contribution in [1.29, 1.82) is 0 Å². The zero-order chi connectivity index (χ0) is 14.6. The number of methoxy groups -OCH3 is 1. The van der Waals surface area contributed by atoms with Gasteiger partial charge in [-0.3, -0.25) is 4.72 Å². The van der Waals surface area contributed by atoms with Crippen LogP contribution < -0.4 is 14.8 Å². The topological polar surface area (TPSA) is 67.4 Å². The molecule has 0 bridgehead atoms. The maximum Gasteiger partial charge on any atom is 0.236 e. The Labute approximate surface area is 130 Å². The zero-order valence-corrected chi connectivity index (χ0v) is 14.8. The van der Waals surface area contributed by atoms with Crippen LogP contribution in [0.5, 0.6) is 5.75 Å². The first-order chi connectivity index (χ1) is 8.81. The molecule has 1 aromatic rings. The molecule has 0 saturated carbocycles. The molecular weight excluding hydrogens is 400 g/mol. The molecule has 1 rings (SSSR count). The van der Waals surface area contributed by atoms with E-state index >= 15 is 0 Å². The van der Waals surface area contributed by atoms with Crippen molar-refractivity contribution in [3.63, 3.8) is 0 Å². The molecule has 2 N–H and O–H groups in total. The molecule has 0 saturated heterocycles. The number of rotatable bonds is 6. The number of halogens is 2. The van der Waals surface area contributed by atoms with Crippen LogP contribution in [0, 0.1) is 0 Å². The highest BCUT2D eigenvalue weighted by Crippen LogP contribution is 2.35. The number of ether oxygens (including phenoxy) is 1. The second-order valence-corrected chi connectivity index (χ2v) is 7.79. The van der Waals surface area contributed by atoms with Gasteiger partial charge in [-0.05, 0) is 51.9 Å². The fraction of sp³-hybridized carbons (Fsp3) is 0.455. The monoisotopic (exact) mass is 414 g/mol. The van der Waals surface area contributed by atoms with E-state index in [1.54, 1.807) is 26.1 Å². The van der Waals surface area contributed by atoms with Crippen molar-refractivity contribution in [2.24, 2.45) is 0 Å². The van der Waals surface area contributed by atoms with Gasteiger partial charge < -0.3 is 10.1 Å². The highest BCUT2D eigenvalue weighted by molar-refractivity contribution is 9.11. The molecular formula is C11H16Br2N2O3S. The lowest BCUT2D eigenvalue weighted by Crippen LogP contribution is -2.33. The molecule has 8 heteroatoms. The van der Waals surface area contributed by atoms with E-state index in [9.17, 15) is 8.42 Å². The van der Waals surface area contributed by atoms with Gasteiger partial charge in [0.2, 0.25) is 10.0 Å². The van der Waals surface area contributed by atoms with E-state index in [1.165, 1.54) is 7.11 Å². The highest BCUT2D eigenvalue weighted by Gasteiger charge is 2.21. The van der Waals surface area contributed by atoms with Gasteiger partial charge in [0, 0.05) is 17.1 Å². The fourth-order valence-corrected chi connectivity index (χ4v) is 3.86. The standard InChI is InChI=1S/C11H16Br2N2O3S/c1-7(6-14-2)19(16,17)15-10-5-11(18-3)9(13)4-8(10)12/h4-5,7,14-15H,6H2,1-3H3. The van der Waals surface area contributed by atoms with Gasteiger partial charge in [0.25, 0.3) is 0 Å². The van der Waals surface area contributed by atoms with Gasteiger partial charge in [0.1, 0.15) is 5.75 Å². The molecule has 0 radical (unpaired) electrons. The molecule has 1 aromatic carbocycles. The molecule has 0 fully saturated rings. The summed E-state index contributed by atoms with van der Waals surface area (Å²) in [6, 6.07) is 3.36. The lowest BCUT2D eigenvalue weighted by molar-refractivity contribution is 0.412. The van der Waals surface area contributed by atoms with Crippen LogP contribution in [0.4, 0.5) is 5.69 Å². The molecule has 0 aliphatic rings. The molecule has 0 aliphatic carbocycles. The minimum Gasteiger partial charge on any atom is -0.495 e. The quantitative estimate of drug-likeness (QED) is 0.749. The fourth-order valence-electron chi connectivity index (χ4n) is 1.41. The summed E-state index contributed by atoms with van der Waals surface area (Å²) >= 11 is 6.66. The van der Waals surface area contributed by atoms with E-state index in [0.29, 0.717) is 22.5 Å². The van der Waals surface area contributed by atoms with E-state index in [2.05, 4.69) is 41.9 Å². The predicted molar refractivity (Wildman–Crippen MR) is 84.3 cm³/mol. The minimum atomic E-state index is -3.45. The molecule has 19 heavy (non-hydrogen) atoms. The number of anilines is 1. The molecule has 108 valence electrons. The molecule has 0 aromatic heterocycles. The maximum absolute atomic E-state index is 12.1. The largest absolute Gasteiger partial charge is 0.495 e. The van der Waals surface area contributed by atoms with Gasteiger partial charge in [0.05, 0.1) is 22.5 Å². The molecule has 1 unspecified atom stereocenters. The highest BCUT2D eigenvalue weighted by atomic mass is 79.9. The Balaban J connectivity index is 3.05. The lowest BCUT2D eigenvalue weighted by atomic mass is 10.3. The maximum atomic E-state index is 12.1. The Morgan fingerprint density at radius 2 is 1.95 bits per heavy atom. The number of sulfonamides is 1. The van der Waals surface area contributed by atoms with Crippen molar-refractivity contribution in [3.05, 3.63) is 21.1 Å². The van der Waals surface area contributed by atoms with Crippen molar-refractivity contribution in [2.75, 3.05) is 25.4 Å². The smallest absolute Gasteiger partial charge is 0.236 e. The van der Waals surface area contributed by atoms with Gasteiger partial charge in [-0.25, -0.2) is 8.42 Å². The van der Waals surface area contributed by atoms with Gasteiger partial charge in [0.15, 0.2) is 0 Å². The first kappa shape index (κ1) is 16.7. The number of benzene rings is 1. The summed E-state index contributed by atoms with van der Waals surface area (Å²) in [5.41, 5.74) is 0.447.